The molecule has 2 aliphatic carbocycles. The predicted octanol–water partition coefficient (Wildman–Crippen LogP) is 2.33. The summed E-state index contributed by atoms with van der Waals surface area (Å²) in [4.78, 5) is 37.9. The van der Waals surface area contributed by atoms with Crippen molar-refractivity contribution in [1.29, 1.82) is 0 Å². The van der Waals surface area contributed by atoms with Crippen LogP contribution in [-0.2, 0) is 14.4 Å². The Hall–Kier alpha value is -2.15. The van der Waals surface area contributed by atoms with E-state index in [-0.39, 0.29) is 17.9 Å². The van der Waals surface area contributed by atoms with Crippen molar-refractivity contribution in [3.05, 3.63) is 23.8 Å². The number of nitrogens with zero attached hydrogens (tertiary/aromatic N) is 1. The largest absolute Gasteiger partial charge is 0.480 e. The third-order valence-electron chi connectivity index (χ3n) is 6.29. The van der Waals surface area contributed by atoms with Crippen LogP contribution in [0.3, 0.4) is 0 Å². The van der Waals surface area contributed by atoms with E-state index in [1.165, 1.54) is 4.90 Å². The normalized spacial score (nSPS) is 28.5. The van der Waals surface area contributed by atoms with E-state index in [0.29, 0.717) is 19.3 Å². The number of carboxylic acids is 2. The average molecular weight is 390 g/mol. The van der Waals surface area contributed by atoms with Gasteiger partial charge in [-0.25, -0.2) is 4.79 Å². The van der Waals surface area contributed by atoms with E-state index in [2.05, 4.69) is 17.5 Å². The fraction of sp³-hybridized carbons (Fsp3) is 0.667. The number of amides is 1. The molecule has 154 valence electrons. The first kappa shape index (κ1) is 20.6. The number of hydrogen-bond donors (Lipinski definition) is 3. The SMILES string of the molecule is CC(NC(CCC1=CCCC=C1)C(=O)O)C(=O)N1C(C(=O)O)CC2CCCC21. The van der Waals surface area contributed by atoms with Gasteiger partial charge in [0.25, 0.3) is 0 Å². The summed E-state index contributed by atoms with van der Waals surface area (Å²) >= 11 is 0. The molecule has 0 spiro atoms. The molecule has 0 aromatic carbocycles. The highest BCUT2D eigenvalue weighted by atomic mass is 16.4. The molecule has 3 rings (SSSR count). The predicted molar refractivity (Wildman–Crippen MR) is 104 cm³/mol. The van der Waals surface area contributed by atoms with Crippen molar-refractivity contribution in [3.63, 3.8) is 0 Å². The summed E-state index contributed by atoms with van der Waals surface area (Å²) < 4.78 is 0. The van der Waals surface area contributed by atoms with Gasteiger partial charge >= 0.3 is 11.9 Å². The Morgan fingerprint density at radius 1 is 1.25 bits per heavy atom. The number of allylic oxidation sites excluding steroid dienone is 4. The molecule has 7 nitrogen and oxygen atoms in total. The van der Waals surface area contributed by atoms with Crippen LogP contribution in [0.4, 0.5) is 0 Å². The quantitative estimate of drug-likeness (QED) is 0.587. The van der Waals surface area contributed by atoms with Crippen molar-refractivity contribution in [2.75, 3.05) is 0 Å². The number of hydrogen-bond acceptors (Lipinski definition) is 4. The summed E-state index contributed by atoms with van der Waals surface area (Å²) in [5.74, 6) is -2.02. The van der Waals surface area contributed by atoms with Crippen LogP contribution in [-0.4, -0.2) is 57.1 Å². The molecular weight excluding hydrogens is 360 g/mol. The Kier molecular flexibility index (Phi) is 6.54. The summed E-state index contributed by atoms with van der Waals surface area (Å²) in [5.41, 5.74) is 1.12. The van der Waals surface area contributed by atoms with E-state index in [0.717, 1.165) is 37.7 Å². The second kappa shape index (κ2) is 8.90. The van der Waals surface area contributed by atoms with Crippen molar-refractivity contribution in [1.82, 2.24) is 10.2 Å². The lowest BCUT2D eigenvalue weighted by molar-refractivity contribution is -0.151. The lowest BCUT2D eigenvalue weighted by Gasteiger charge is -2.31. The summed E-state index contributed by atoms with van der Waals surface area (Å²) in [7, 11) is 0. The molecule has 0 aromatic heterocycles. The van der Waals surface area contributed by atoms with Crippen LogP contribution in [0.5, 0.6) is 0 Å². The highest BCUT2D eigenvalue weighted by molar-refractivity contribution is 5.88. The lowest BCUT2D eigenvalue weighted by atomic mass is 9.99. The zero-order valence-corrected chi connectivity index (χ0v) is 16.3. The average Bonchev–Trinajstić information content (AvgIpc) is 3.26. The van der Waals surface area contributed by atoms with Gasteiger partial charge in [-0.05, 0) is 57.8 Å². The van der Waals surface area contributed by atoms with Gasteiger partial charge in [-0.3, -0.25) is 14.9 Å². The number of carbonyl (C=O) groups is 3. The minimum atomic E-state index is -0.991. The van der Waals surface area contributed by atoms with Crippen molar-refractivity contribution in [2.24, 2.45) is 5.92 Å². The second-order valence-electron chi connectivity index (χ2n) is 8.17. The van der Waals surface area contributed by atoms with E-state index in [1.54, 1.807) is 6.92 Å². The number of carbonyl (C=O) groups excluding carboxylic acids is 1. The number of fused-ring (bicyclic) bond motifs is 1. The molecule has 5 atom stereocenters. The molecular formula is C21H30N2O5. The number of nitrogens with one attached hydrogen (secondary N) is 1. The van der Waals surface area contributed by atoms with Gasteiger partial charge in [-0.1, -0.05) is 30.2 Å². The van der Waals surface area contributed by atoms with Crippen LogP contribution < -0.4 is 5.32 Å². The van der Waals surface area contributed by atoms with Crippen LogP contribution in [0.1, 0.15) is 58.3 Å². The molecule has 0 aromatic rings. The number of likely N-dealkylation sites (tertiary alicyclic amines) is 1. The fourth-order valence-corrected chi connectivity index (χ4v) is 4.87. The van der Waals surface area contributed by atoms with Crippen molar-refractivity contribution in [2.45, 2.75) is 82.5 Å². The molecule has 1 heterocycles. The molecule has 0 bridgehead atoms. The van der Waals surface area contributed by atoms with Crippen LogP contribution in [0.25, 0.3) is 0 Å². The van der Waals surface area contributed by atoms with Crippen LogP contribution >= 0.6 is 0 Å². The molecule has 1 amide bonds. The van der Waals surface area contributed by atoms with Gasteiger partial charge in [0, 0.05) is 6.04 Å². The standard InChI is InChI=1S/C21H30N2O5/c1-13(22-16(20(25)26)11-10-14-6-3-2-4-7-14)19(24)23-17-9-5-8-15(17)12-18(23)21(27)28/h3,6-7,13,15-18,22H,2,4-5,8-12H2,1H3,(H,25,26)(H,27,28). The van der Waals surface area contributed by atoms with Gasteiger partial charge in [0.2, 0.25) is 5.91 Å². The van der Waals surface area contributed by atoms with Gasteiger partial charge in [0.1, 0.15) is 12.1 Å². The maximum Gasteiger partial charge on any atom is 0.326 e. The smallest absolute Gasteiger partial charge is 0.326 e. The highest BCUT2D eigenvalue weighted by Gasteiger charge is 2.49. The first-order chi connectivity index (χ1) is 13.4. The molecule has 28 heavy (non-hydrogen) atoms. The minimum Gasteiger partial charge on any atom is -0.480 e. The zero-order chi connectivity index (χ0) is 20.3. The van der Waals surface area contributed by atoms with Gasteiger partial charge in [-0.2, -0.15) is 0 Å². The Labute approximate surface area is 165 Å². The summed E-state index contributed by atoms with van der Waals surface area (Å²) in [6, 6.07) is -2.41. The molecule has 3 N–H and O–H groups in total. The van der Waals surface area contributed by atoms with Crippen molar-refractivity contribution >= 4 is 17.8 Å². The number of rotatable bonds is 8. The van der Waals surface area contributed by atoms with E-state index in [1.807, 2.05) is 6.08 Å². The molecule has 2 fully saturated rings. The Bertz CT molecular complexity index is 686. The molecule has 3 aliphatic rings. The van der Waals surface area contributed by atoms with E-state index >= 15 is 0 Å². The molecule has 5 unspecified atom stereocenters. The van der Waals surface area contributed by atoms with E-state index in [4.69, 9.17) is 0 Å². The minimum absolute atomic E-state index is 0.0290. The number of carboxylic acid groups (broad SMARTS) is 2. The lowest BCUT2D eigenvalue weighted by Crippen LogP contribution is -2.55. The van der Waals surface area contributed by atoms with E-state index in [9.17, 15) is 24.6 Å². The maximum atomic E-state index is 13.1. The highest BCUT2D eigenvalue weighted by Crippen LogP contribution is 2.41. The fourth-order valence-electron chi connectivity index (χ4n) is 4.87. The van der Waals surface area contributed by atoms with E-state index < -0.39 is 30.1 Å². The Morgan fingerprint density at radius 3 is 2.68 bits per heavy atom. The number of aliphatic carboxylic acids is 2. The zero-order valence-electron chi connectivity index (χ0n) is 16.3. The first-order valence-corrected chi connectivity index (χ1v) is 10.3. The second-order valence-corrected chi connectivity index (χ2v) is 8.17. The first-order valence-electron chi connectivity index (χ1n) is 10.3. The maximum absolute atomic E-state index is 13.1. The van der Waals surface area contributed by atoms with Gasteiger partial charge in [-0.15, -0.1) is 0 Å². The van der Waals surface area contributed by atoms with Gasteiger partial charge in [0.15, 0.2) is 0 Å². The molecule has 7 heteroatoms. The van der Waals surface area contributed by atoms with Crippen LogP contribution in [0.15, 0.2) is 23.8 Å². The summed E-state index contributed by atoms with van der Waals surface area (Å²) in [6.45, 7) is 1.64. The monoisotopic (exact) mass is 390 g/mol. The van der Waals surface area contributed by atoms with Crippen LogP contribution in [0.2, 0.25) is 0 Å². The topological polar surface area (TPSA) is 107 Å². The third-order valence-corrected chi connectivity index (χ3v) is 6.29. The van der Waals surface area contributed by atoms with Gasteiger partial charge < -0.3 is 15.1 Å². The third kappa shape index (κ3) is 4.46. The van der Waals surface area contributed by atoms with Crippen molar-refractivity contribution in [3.8, 4) is 0 Å². The molecule has 1 saturated heterocycles. The molecule has 1 saturated carbocycles. The Balaban J connectivity index is 1.63. The summed E-state index contributed by atoms with van der Waals surface area (Å²) in [6.07, 6.45) is 12.5. The van der Waals surface area contributed by atoms with Crippen molar-refractivity contribution < 1.29 is 24.6 Å². The summed E-state index contributed by atoms with van der Waals surface area (Å²) in [5, 5.41) is 22.1. The Morgan fingerprint density at radius 2 is 2.04 bits per heavy atom. The van der Waals surface area contributed by atoms with Gasteiger partial charge in [0.05, 0.1) is 6.04 Å². The van der Waals surface area contributed by atoms with Crippen LogP contribution in [0, 0.1) is 5.92 Å². The molecule has 0 radical (unpaired) electrons. The molecule has 1 aliphatic heterocycles.